The molecule has 0 aromatic rings. The topological polar surface area (TPSA) is 121 Å². The van der Waals surface area contributed by atoms with Crippen LogP contribution in [-0.2, 0) is 38.1 Å². The van der Waals surface area contributed by atoms with Crippen molar-refractivity contribution in [2.45, 2.75) is 84.0 Å². The third-order valence-electron chi connectivity index (χ3n) is 9.20. The van der Waals surface area contributed by atoms with Crippen LogP contribution in [0.4, 0.5) is 0 Å². The normalized spacial score (nSPS) is 33.0. The fourth-order valence-corrected chi connectivity index (χ4v) is 6.98. The molecule has 1 saturated heterocycles. The van der Waals surface area contributed by atoms with E-state index in [0.717, 1.165) is 31.3 Å². The first-order valence-electron chi connectivity index (χ1n) is 15.3. The van der Waals surface area contributed by atoms with Crippen LogP contribution in [0.3, 0.4) is 0 Å². The summed E-state index contributed by atoms with van der Waals surface area (Å²) in [5.74, 6) is -1.98. The van der Waals surface area contributed by atoms with E-state index in [2.05, 4.69) is 19.1 Å². The predicted octanol–water partition coefficient (Wildman–Crippen LogP) is 4.95. The summed E-state index contributed by atoms with van der Waals surface area (Å²) in [6.45, 7) is 5.31. The number of hydrogen-bond donors (Lipinski definition) is 1. The maximum atomic E-state index is 12.6. The van der Waals surface area contributed by atoms with Crippen LogP contribution in [0.1, 0.15) is 72.1 Å². The van der Waals surface area contributed by atoms with Crippen LogP contribution >= 0.6 is 0 Å². The largest absolute Gasteiger partial charge is 0.462 e. The molecule has 9 nitrogen and oxygen atoms in total. The molecular weight excluding hydrogens is 540 g/mol. The zero-order chi connectivity index (χ0) is 30.2. The Morgan fingerprint density at radius 2 is 1.79 bits per heavy atom. The number of fused-ring (bicyclic) bond motifs is 4. The van der Waals surface area contributed by atoms with Crippen molar-refractivity contribution in [2.75, 3.05) is 26.4 Å². The molecular formula is C33H46O9. The number of allylic oxidation sites excluding steroid dienone is 5. The van der Waals surface area contributed by atoms with Crippen molar-refractivity contribution in [3.8, 4) is 0 Å². The van der Waals surface area contributed by atoms with Gasteiger partial charge in [-0.05, 0) is 50.4 Å². The molecule has 2 heterocycles. The highest BCUT2D eigenvalue weighted by molar-refractivity contribution is 5.82. The minimum atomic E-state index is -0.861. The van der Waals surface area contributed by atoms with Gasteiger partial charge in [-0.15, -0.1) is 0 Å². The summed E-state index contributed by atoms with van der Waals surface area (Å²) in [6, 6.07) is 0. The fraction of sp³-hybridized carbons (Fsp3) is 0.667. The molecule has 0 unspecified atom stereocenters. The quantitative estimate of drug-likeness (QED) is 0.0541. The predicted molar refractivity (Wildman–Crippen MR) is 155 cm³/mol. The standard InChI is InChI=1S/C33H46O9/c1-4-5-6-7-8-9-10-11-12-13-14-15-27(37)40-21-32(20-34)26-16-17-33(22-41-33)30-28(29(26)32)25(18-38-23(2)35)19-39-31(30)42-24(3)36/h8-9,12-15,19,26,28-31,34H,4-7,10-11,16-18,20-22H2,1-3H3/b9-8-,13-12+,15-14+/t26-,28+,29-,30-,31+,32+,33+/m0/s1. The lowest BCUT2D eigenvalue weighted by molar-refractivity contribution is -0.193. The fourth-order valence-electron chi connectivity index (χ4n) is 6.98. The van der Waals surface area contributed by atoms with E-state index in [1.54, 1.807) is 6.08 Å². The van der Waals surface area contributed by atoms with Gasteiger partial charge in [0, 0.05) is 36.8 Å². The molecule has 0 radical (unpaired) electrons. The number of rotatable bonds is 15. The maximum Gasteiger partial charge on any atom is 0.330 e. The molecule has 7 atom stereocenters. The highest BCUT2D eigenvalue weighted by atomic mass is 16.7. The van der Waals surface area contributed by atoms with Crippen LogP contribution in [-0.4, -0.2) is 61.3 Å². The molecule has 232 valence electrons. The van der Waals surface area contributed by atoms with Crippen LogP contribution in [0.5, 0.6) is 0 Å². The van der Waals surface area contributed by atoms with Gasteiger partial charge in [0.1, 0.15) is 18.8 Å². The van der Waals surface area contributed by atoms with Gasteiger partial charge in [-0.1, -0.05) is 50.1 Å². The van der Waals surface area contributed by atoms with Crippen molar-refractivity contribution in [1.82, 2.24) is 0 Å². The van der Waals surface area contributed by atoms with Crippen molar-refractivity contribution in [1.29, 1.82) is 0 Å². The average molecular weight is 587 g/mol. The molecule has 0 bridgehead atoms. The highest BCUT2D eigenvalue weighted by Gasteiger charge is 2.75. The van der Waals surface area contributed by atoms with E-state index >= 15 is 0 Å². The number of aliphatic hydroxyl groups excluding tert-OH is 1. The zero-order valence-corrected chi connectivity index (χ0v) is 25.1. The molecule has 0 aromatic carbocycles. The molecule has 2 saturated carbocycles. The van der Waals surface area contributed by atoms with Crippen molar-refractivity contribution < 1.29 is 43.2 Å². The maximum absolute atomic E-state index is 12.6. The molecule has 0 aromatic heterocycles. The van der Waals surface area contributed by atoms with Gasteiger partial charge >= 0.3 is 17.9 Å². The van der Waals surface area contributed by atoms with E-state index in [1.165, 1.54) is 45.4 Å². The minimum Gasteiger partial charge on any atom is -0.462 e. The highest BCUT2D eigenvalue weighted by Crippen LogP contribution is 2.72. The molecule has 9 heteroatoms. The van der Waals surface area contributed by atoms with Crippen molar-refractivity contribution >= 4 is 17.9 Å². The van der Waals surface area contributed by atoms with Crippen molar-refractivity contribution in [2.24, 2.45) is 29.1 Å². The van der Waals surface area contributed by atoms with Gasteiger partial charge in [-0.25, -0.2) is 4.79 Å². The van der Waals surface area contributed by atoms with Gasteiger partial charge in [-0.2, -0.15) is 0 Å². The average Bonchev–Trinajstić information content (AvgIpc) is 3.87. The second-order valence-corrected chi connectivity index (χ2v) is 12.0. The van der Waals surface area contributed by atoms with Gasteiger partial charge in [0.25, 0.3) is 0 Å². The lowest BCUT2D eigenvalue weighted by Crippen LogP contribution is -2.48. The number of esters is 3. The lowest BCUT2D eigenvalue weighted by Gasteiger charge is -2.41. The lowest BCUT2D eigenvalue weighted by atomic mass is 9.71. The third kappa shape index (κ3) is 7.53. The first kappa shape index (κ1) is 32.0. The van der Waals surface area contributed by atoms with E-state index in [0.29, 0.717) is 13.0 Å². The van der Waals surface area contributed by atoms with E-state index < -0.39 is 35.2 Å². The number of unbranched alkanes of at least 4 members (excludes halogenated alkanes) is 4. The SMILES string of the molecule is CCCCC/C=C\CC/C=C/C=C/C(=O)OC[C@@]1(CO)[C@@H]2[C@H]3C(COC(C)=O)=CO[C@H](OC(C)=O)[C@H]3[C@@]3(CC[C@@H]21)CO3. The van der Waals surface area contributed by atoms with Gasteiger partial charge in [-0.3, -0.25) is 9.59 Å². The molecule has 1 spiro atoms. The van der Waals surface area contributed by atoms with Gasteiger partial charge < -0.3 is 28.8 Å². The van der Waals surface area contributed by atoms with Crippen LogP contribution in [0, 0.1) is 29.1 Å². The van der Waals surface area contributed by atoms with E-state index in [4.69, 9.17) is 23.7 Å². The number of ether oxygens (including phenoxy) is 5. The monoisotopic (exact) mass is 586 g/mol. The van der Waals surface area contributed by atoms with E-state index in [-0.39, 0.29) is 43.5 Å². The summed E-state index contributed by atoms with van der Waals surface area (Å²) >= 11 is 0. The zero-order valence-electron chi connectivity index (χ0n) is 25.1. The Hall–Kier alpha value is -2.91. The van der Waals surface area contributed by atoms with Crippen LogP contribution < -0.4 is 0 Å². The third-order valence-corrected chi connectivity index (χ3v) is 9.20. The Labute approximate surface area is 248 Å². The summed E-state index contributed by atoms with van der Waals surface area (Å²) < 4.78 is 28.4. The van der Waals surface area contributed by atoms with Crippen LogP contribution in [0.25, 0.3) is 0 Å². The van der Waals surface area contributed by atoms with Crippen molar-refractivity contribution in [3.05, 3.63) is 48.3 Å². The second-order valence-electron chi connectivity index (χ2n) is 12.0. The van der Waals surface area contributed by atoms with Gasteiger partial charge in [0.05, 0.1) is 25.4 Å². The summed E-state index contributed by atoms with van der Waals surface area (Å²) in [4.78, 5) is 36.1. The molecule has 1 N–H and O–H groups in total. The Bertz CT molecular complexity index is 1090. The molecule has 4 rings (SSSR count). The number of epoxide rings is 1. The summed E-state index contributed by atoms with van der Waals surface area (Å²) in [7, 11) is 0. The number of carbonyl (C=O) groups is 3. The molecule has 0 amide bonds. The van der Waals surface area contributed by atoms with Crippen LogP contribution in [0.2, 0.25) is 0 Å². The Balaban J connectivity index is 1.38. The molecule has 4 aliphatic rings. The minimum absolute atomic E-state index is 0.0214. The van der Waals surface area contributed by atoms with Gasteiger partial charge in [0.2, 0.25) is 6.29 Å². The Morgan fingerprint density at radius 1 is 1.02 bits per heavy atom. The Morgan fingerprint density at radius 3 is 2.48 bits per heavy atom. The van der Waals surface area contributed by atoms with Gasteiger partial charge in [0.15, 0.2) is 0 Å². The Kier molecular flexibility index (Phi) is 11.1. The molecule has 2 aliphatic heterocycles. The summed E-state index contributed by atoms with van der Waals surface area (Å²) in [5.41, 5.74) is -0.422. The first-order chi connectivity index (χ1) is 20.3. The van der Waals surface area contributed by atoms with E-state index in [9.17, 15) is 19.5 Å². The van der Waals surface area contributed by atoms with Crippen molar-refractivity contribution in [3.63, 3.8) is 0 Å². The number of carbonyl (C=O) groups excluding carboxylic acids is 3. The number of aliphatic hydroxyl groups is 1. The number of hydrogen-bond acceptors (Lipinski definition) is 9. The smallest absolute Gasteiger partial charge is 0.330 e. The first-order valence-corrected chi connectivity index (χ1v) is 15.3. The van der Waals surface area contributed by atoms with Crippen LogP contribution in [0.15, 0.2) is 48.3 Å². The van der Waals surface area contributed by atoms with E-state index in [1.807, 2.05) is 12.2 Å². The molecule has 2 aliphatic carbocycles. The summed E-state index contributed by atoms with van der Waals surface area (Å²) in [5, 5.41) is 10.6. The second kappa shape index (κ2) is 14.5. The summed E-state index contributed by atoms with van der Waals surface area (Å²) in [6.07, 6.45) is 20.2. The molecule has 42 heavy (non-hydrogen) atoms. The molecule has 3 fully saturated rings.